The van der Waals surface area contributed by atoms with Gasteiger partial charge in [0.05, 0.1) is 6.10 Å². The molecule has 1 aromatic rings. The van der Waals surface area contributed by atoms with Crippen molar-refractivity contribution in [3.63, 3.8) is 0 Å². The maximum absolute atomic E-state index is 5.83. The van der Waals surface area contributed by atoms with E-state index in [2.05, 4.69) is 11.9 Å². The fraction of sp³-hybridized carbons (Fsp3) is 0.545. The van der Waals surface area contributed by atoms with E-state index >= 15 is 0 Å². The molecule has 76 valence electrons. The SMILES string of the molecule is Cc1ccnc(N)c1CC1CCCO1. The van der Waals surface area contributed by atoms with E-state index in [9.17, 15) is 0 Å². The van der Waals surface area contributed by atoms with E-state index in [-0.39, 0.29) is 0 Å². The van der Waals surface area contributed by atoms with Crippen molar-refractivity contribution in [1.29, 1.82) is 0 Å². The summed E-state index contributed by atoms with van der Waals surface area (Å²) in [6.07, 6.45) is 5.33. The highest BCUT2D eigenvalue weighted by molar-refractivity contribution is 5.44. The third-order valence-electron chi connectivity index (χ3n) is 2.78. The molecule has 14 heavy (non-hydrogen) atoms. The van der Waals surface area contributed by atoms with E-state index in [1.54, 1.807) is 6.20 Å². The van der Waals surface area contributed by atoms with E-state index in [1.165, 1.54) is 12.0 Å². The Morgan fingerprint density at radius 3 is 3.14 bits per heavy atom. The van der Waals surface area contributed by atoms with Crippen LogP contribution >= 0.6 is 0 Å². The Labute approximate surface area is 84.3 Å². The molecule has 1 unspecified atom stereocenters. The van der Waals surface area contributed by atoms with E-state index in [1.807, 2.05) is 6.07 Å². The van der Waals surface area contributed by atoms with Gasteiger partial charge in [-0.3, -0.25) is 0 Å². The molecule has 1 saturated heterocycles. The zero-order valence-electron chi connectivity index (χ0n) is 8.49. The first-order valence-electron chi connectivity index (χ1n) is 5.09. The molecule has 0 aromatic carbocycles. The second-order valence-electron chi connectivity index (χ2n) is 3.83. The number of rotatable bonds is 2. The van der Waals surface area contributed by atoms with Crippen LogP contribution in [0.2, 0.25) is 0 Å². The van der Waals surface area contributed by atoms with Gasteiger partial charge in [0.15, 0.2) is 0 Å². The van der Waals surface area contributed by atoms with Crippen molar-refractivity contribution in [2.45, 2.75) is 32.3 Å². The molecule has 2 N–H and O–H groups in total. The third-order valence-corrected chi connectivity index (χ3v) is 2.78. The molecule has 0 bridgehead atoms. The van der Waals surface area contributed by atoms with Crippen LogP contribution in [0.3, 0.4) is 0 Å². The average Bonchev–Trinajstić information content (AvgIpc) is 2.64. The summed E-state index contributed by atoms with van der Waals surface area (Å²) in [5.41, 5.74) is 8.20. The topological polar surface area (TPSA) is 48.1 Å². The van der Waals surface area contributed by atoms with Crippen molar-refractivity contribution in [2.75, 3.05) is 12.3 Å². The number of nitrogen functional groups attached to an aromatic ring is 1. The largest absolute Gasteiger partial charge is 0.383 e. The lowest BCUT2D eigenvalue weighted by Gasteiger charge is -2.12. The van der Waals surface area contributed by atoms with Gasteiger partial charge in [0.25, 0.3) is 0 Å². The molecular formula is C11H16N2O. The molecule has 3 nitrogen and oxygen atoms in total. The van der Waals surface area contributed by atoms with Crippen LogP contribution < -0.4 is 5.73 Å². The van der Waals surface area contributed by atoms with Crippen molar-refractivity contribution >= 4 is 5.82 Å². The predicted octanol–water partition coefficient (Wildman–Crippen LogP) is 1.69. The van der Waals surface area contributed by atoms with Gasteiger partial charge in [0.1, 0.15) is 5.82 Å². The maximum atomic E-state index is 5.83. The summed E-state index contributed by atoms with van der Waals surface area (Å²) in [6, 6.07) is 2.00. The monoisotopic (exact) mass is 192 g/mol. The first-order chi connectivity index (χ1) is 6.77. The summed E-state index contributed by atoms with van der Waals surface area (Å²) in [5, 5.41) is 0. The summed E-state index contributed by atoms with van der Waals surface area (Å²) < 4.78 is 5.58. The molecule has 0 radical (unpaired) electrons. The van der Waals surface area contributed by atoms with Crippen LogP contribution in [0, 0.1) is 6.92 Å². The Hall–Kier alpha value is -1.09. The van der Waals surface area contributed by atoms with Crippen LogP contribution in [-0.2, 0) is 11.2 Å². The van der Waals surface area contributed by atoms with Gasteiger partial charge in [-0.15, -0.1) is 0 Å². The van der Waals surface area contributed by atoms with Crippen LogP contribution in [0.25, 0.3) is 0 Å². The van der Waals surface area contributed by atoms with Crippen LogP contribution in [-0.4, -0.2) is 17.7 Å². The molecule has 0 spiro atoms. The third kappa shape index (κ3) is 1.87. The molecule has 1 aliphatic rings. The molecular weight excluding hydrogens is 176 g/mol. The molecule has 3 heteroatoms. The van der Waals surface area contributed by atoms with Crippen LogP contribution in [0.15, 0.2) is 12.3 Å². The molecule has 1 aromatic heterocycles. The molecule has 1 aliphatic heterocycles. The number of nitrogens with two attached hydrogens (primary N) is 1. The predicted molar refractivity (Wildman–Crippen MR) is 56.1 cm³/mol. The number of hydrogen-bond donors (Lipinski definition) is 1. The number of aromatic nitrogens is 1. The fourth-order valence-corrected chi connectivity index (χ4v) is 1.91. The minimum Gasteiger partial charge on any atom is -0.383 e. The highest BCUT2D eigenvalue weighted by atomic mass is 16.5. The van der Waals surface area contributed by atoms with E-state index in [4.69, 9.17) is 10.5 Å². The summed E-state index contributed by atoms with van der Waals surface area (Å²) in [4.78, 5) is 4.10. The van der Waals surface area contributed by atoms with Crippen LogP contribution in [0.1, 0.15) is 24.0 Å². The zero-order valence-corrected chi connectivity index (χ0v) is 8.49. The molecule has 2 rings (SSSR count). The van der Waals surface area contributed by atoms with Gasteiger partial charge in [0, 0.05) is 19.2 Å². The summed E-state index contributed by atoms with van der Waals surface area (Å²) in [7, 11) is 0. The highest BCUT2D eigenvalue weighted by Crippen LogP contribution is 2.21. The summed E-state index contributed by atoms with van der Waals surface area (Å²) in [5.74, 6) is 0.653. The Kier molecular flexibility index (Phi) is 2.68. The Morgan fingerprint density at radius 1 is 1.64 bits per heavy atom. The van der Waals surface area contributed by atoms with Gasteiger partial charge in [-0.1, -0.05) is 0 Å². The number of ether oxygens (including phenoxy) is 1. The van der Waals surface area contributed by atoms with Gasteiger partial charge >= 0.3 is 0 Å². The lowest BCUT2D eigenvalue weighted by atomic mass is 10.0. The van der Waals surface area contributed by atoms with E-state index < -0.39 is 0 Å². The first kappa shape index (κ1) is 9.46. The number of aryl methyl sites for hydroxylation is 1. The summed E-state index contributed by atoms with van der Waals surface area (Å²) in [6.45, 7) is 2.96. The van der Waals surface area contributed by atoms with Crippen molar-refractivity contribution < 1.29 is 4.74 Å². The summed E-state index contributed by atoms with van der Waals surface area (Å²) >= 11 is 0. The quantitative estimate of drug-likeness (QED) is 0.775. The minimum atomic E-state index is 0.347. The minimum absolute atomic E-state index is 0.347. The molecule has 0 amide bonds. The van der Waals surface area contributed by atoms with Gasteiger partial charge in [-0.2, -0.15) is 0 Å². The van der Waals surface area contributed by atoms with E-state index in [0.29, 0.717) is 11.9 Å². The number of anilines is 1. The molecule has 1 fully saturated rings. The lowest BCUT2D eigenvalue weighted by molar-refractivity contribution is 0.111. The van der Waals surface area contributed by atoms with E-state index in [0.717, 1.165) is 25.0 Å². The van der Waals surface area contributed by atoms with Crippen molar-refractivity contribution in [1.82, 2.24) is 4.98 Å². The van der Waals surface area contributed by atoms with Gasteiger partial charge in [0.2, 0.25) is 0 Å². The number of pyridine rings is 1. The maximum Gasteiger partial charge on any atom is 0.126 e. The van der Waals surface area contributed by atoms with Gasteiger partial charge < -0.3 is 10.5 Å². The van der Waals surface area contributed by atoms with Gasteiger partial charge in [-0.25, -0.2) is 4.98 Å². The molecule has 0 saturated carbocycles. The van der Waals surface area contributed by atoms with Crippen LogP contribution in [0.5, 0.6) is 0 Å². The molecule has 0 aliphatic carbocycles. The van der Waals surface area contributed by atoms with Crippen LogP contribution in [0.4, 0.5) is 5.82 Å². The average molecular weight is 192 g/mol. The first-order valence-corrected chi connectivity index (χ1v) is 5.09. The number of nitrogens with zero attached hydrogens (tertiary/aromatic N) is 1. The van der Waals surface area contributed by atoms with Crippen molar-refractivity contribution in [3.8, 4) is 0 Å². The zero-order chi connectivity index (χ0) is 9.97. The van der Waals surface area contributed by atoms with Gasteiger partial charge in [-0.05, 0) is 37.0 Å². The molecule has 2 heterocycles. The second kappa shape index (κ2) is 3.96. The molecule has 1 atom stereocenters. The van der Waals surface area contributed by atoms with Crippen molar-refractivity contribution in [3.05, 3.63) is 23.4 Å². The Balaban J connectivity index is 2.14. The smallest absolute Gasteiger partial charge is 0.126 e. The van der Waals surface area contributed by atoms with Crippen molar-refractivity contribution in [2.24, 2.45) is 0 Å². The lowest BCUT2D eigenvalue weighted by Crippen LogP contribution is -2.12. The highest BCUT2D eigenvalue weighted by Gasteiger charge is 2.18. The standard InChI is InChI=1S/C11H16N2O/c1-8-4-5-13-11(12)10(8)7-9-3-2-6-14-9/h4-5,9H,2-3,6-7H2,1H3,(H2,12,13). The Bertz CT molecular complexity index is 299. The number of hydrogen-bond acceptors (Lipinski definition) is 3. The fourth-order valence-electron chi connectivity index (χ4n) is 1.91. The Morgan fingerprint density at radius 2 is 2.50 bits per heavy atom. The normalized spacial score (nSPS) is 21.4. The second-order valence-corrected chi connectivity index (χ2v) is 3.83.